The molecule has 0 N–H and O–H groups in total. The molecule has 1 aliphatic rings. The van der Waals surface area contributed by atoms with Crippen LogP contribution in [0.4, 0.5) is 0 Å². The van der Waals surface area contributed by atoms with Gasteiger partial charge in [-0.3, -0.25) is 0 Å². The second-order valence-corrected chi connectivity index (χ2v) is 5.74. The van der Waals surface area contributed by atoms with Gasteiger partial charge in [0.2, 0.25) is 0 Å². The van der Waals surface area contributed by atoms with Crippen LogP contribution in [0.15, 0.2) is 0 Å². The molecule has 90 valence electrons. The first-order chi connectivity index (χ1) is 7.37. The van der Waals surface area contributed by atoms with E-state index in [-0.39, 0.29) is 0 Å². The minimum absolute atomic E-state index is 0.385. The molecule has 2 nitrogen and oxygen atoms in total. The monoisotopic (exact) mass is 222 g/mol. The summed E-state index contributed by atoms with van der Waals surface area (Å²) < 4.78 is 5.14. The van der Waals surface area contributed by atoms with Gasteiger partial charge in [-0.2, -0.15) is 0 Å². The summed E-state index contributed by atoms with van der Waals surface area (Å²) in [6.45, 7) is 7.82. The Kier molecular flexibility index (Phi) is 4.41. The van der Waals surface area contributed by atoms with Crippen molar-refractivity contribution < 1.29 is 9.53 Å². The second kappa shape index (κ2) is 5.39. The molecule has 0 aromatic rings. The second-order valence-electron chi connectivity index (χ2n) is 5.74. The van der Waals surface area contributed by atoms with E-state index in [0.29, 0.717) is 5.92 Å². The molecular formula is C14H22O2. The van der Waals surface area contributed by atoms with Crippen LogP contribution in [0.2, 0.25) is 0 Å². The maximum Gasteiger partial charge on any atom is 0.384 e. The van der Waals surface area contributed by atoms with Gasteiger partial charge in [0.15, 0.2) is 0 Å². The van der Waals surface area contributed by atoms with Crippen LogP contribution in [0.1, 0.15) is 53.4 Å². The van der Waals surface area contributed by atoms with Gasteiger partial charge in [0.1, 0.15) is 5.60 Å². The summed E-state index contributed by atoms with van der Waals surface area (Å²) in [6, 6.07) is 0. The largest absolute Gasteiger partial charge is 0.450 e. The third-order valence-electron chi connectivity index (χ3n) is 2.71. The lowest BCUT2D eigenvalue weighted by atomic mass is 9.83. The van der Waals surface area contributed by atoms with E-state index in [1.807, 2.05) is 20.8 Å². The van der Waals surface area contributed by atoms with Crippen molar-refractivity contribution in [3.05, 3.63) is 0 Å². The standard InChI is InChI=1S/C14H22O2/c1-11-6-5-7-12(10-11)8-9-13(15)16-14(2,3)4/h11-12H,5-7,10H2,1-4H3. The summed E-state index contributed by atoms with van der Waals surface area (Å²) in [4.78, 5) is 11.4. The Morgan fingerprint density at radius 1 is 1.31 bits per heavy atom. The number of hydrogen-bond acceptors (Lipinski definition) is 2. The van der Waals surface area contributed by atoms with E-state index in [4.69, 9.17) is 4.74 Å². The quantitative estimate of drug-likeness (QED) is 0.357. The predicted molar refractivity (Wildman–Crippen MR) is 64.7 cm³/mol. The first kappa shape index (κ1) is 13.1. The van der Waals surface area contributed by atoms with Crippen molar-refractivity contribution in [1.82, 2.24) is 0 Å². The molecule has 16 heavy (non-hydrogen) atoms. The zero-order chi connectivity index (χ0) is 12.2. The molecule has 0 saturated heterocycles. The van der Waals surface area contributed by atoms with Crippen LogP contribution in [0, 0.1) is 23.7 Å². The summed E-state index contributed by atoms with van der Waals surface area (Å²) in [6.07, 6.45) is 4.77. The van der Waals surface area contributed by atoms with Crippen LogP contribution in [0.3, 0.4) is 0 Å². The first-order valence-electron chi connectivity index (χ1n) is 6.11. The van der Waals surface area contributed by atoms with Gasteiger partial charge in [-0.15, -0.1) is 0 Å². The fourth-order valence-corrected chi connectivity index (χ4v) is 2.03. The summed E-state index contributed by atoms with van der Waals surface area (Å²) in [7, 11) is 0. The number of rotatable bonds is 0. The minimum atomic E-state index is -0.439. The molecule has 0 aromatic carbocycles. The van der Waals surface area contributed by atoms with Crippen molar-refractivity contribution in [2.45, 2.75) is 59.0 Å². The van der Waals surface area contributed by atoms with Crippen molar-refractivity contribution in [2.24, 2.45) is 11.8 Å². The number of hydrogen-bond donors (Lipinski definition) is 0. The zero-order valence-electron chi connectivity index (χ0n) is 10.8. The molecule has 0 heterocycles. The lowest BCUT2D eigenvalue weighted by molar-refractivity contribution is -0.147. The summed E-state index contributed by atoms with van der Waals surface area (Å²) in [5.74, 6) is 6.40. The molecule has 1 rings (SSSR count). The number of carbonyl (C=O) groups excluding carboxylic acids is 1. The molecule has 2 heteroatoms. The van der Waals surface area contributed by atoms with Gasteiger partial charge >= 0.3 is 5.97 Å². The van der Waals surface area contributed by atoms with E-state index in [9.17, 15) is 4.79 Å². The average Bonchev–Trinajstić information content (AvgIpc) is 2.12. The van der Waals surface area contributed by atoms with Gasteiger partial charge < -0.3 is 4.74 Å². The normalized spacial score (nSPS) is 25.5. The summed E-state index contributed by atoms with van der Waals surface area (Å²) in [5.41, 5.74) is -0.439. The summed E-state index contributed by atoms with van der Waals surface area (Å²) >= 11 is 0. The number of esters is 1. The predicted octanol–water partition coefficient (Wildman–Crippen LogP) is 3.16. The maximum absolute atomic E-state index is 11.4. The van der Waals surface area contributed by atoms with Crippen LogP contribution < -0.4 is 0 Å². The van der Waals surface area contributed by atoms with Crippen LogP contribution in [-0.2, 0) is 9.53 Å². The van der Waals surface area contributed by atoms with Crippen molar-refractivity contribution in [1.29, 1.82) is 0 Å². The lowest BCUT2D eigenvalue weighted by Gasteiger charge is -2.22. The highest BCUT2D eigenvalue weighted by Crippen LogP contribution is 2.27. The molecule has 0 aliphatic heterocycles. The van der Waals surface area contributed by atoms with Gasteiger partial charge in [-0.25, -0.2) is 4.79 Å². The molecule has 0 radical (unpaired) electrons. The lowest BCUT2D eigenvalue weighted by Crippen LogP contribution is -2.23. The van der Waals surface area contributed by atoms with Gasteiger partial charge in [0.25, 0.3) is 0 Å². The van der Waals surface area contributed by atoms with Crippen molar-refractivity contribution in [3.8, 4) is 11.8 Å². The molecule has 1 saturated carbocycles. The Bertz CT molecular complexity index is 301. The smallest absolute Gasteiger partial charge is 0.384 e. The topological polar surface area (TPSA) is 26.3 Å². The average molecular weight is 222 g/mol. The molecule has 0 bridgehead atoms. The van der Waals surface area contributed by atoms with E-state index in [1.54, 1.807) is 0 Å². The fourth-order valence-electron chi connectivity index (χ4n) is 2.03. The molecule has 2 atom stereocenters. The third-order valence-corrected chi connectivity index (χ3v) is 2.71. The molecular weight excluding hydrogens is 200 g/mol. The Balaban J connectivity index is 2.44. The summed E-state index contributed by atoms with van der Waals surface area (Å²) in [5, 5.41) is 0. The molecule has 2 unspecified atom stereocenters. The van der Waals surface area contributed by atoms with E-state index < -0.39 is 11.6 Å². The van der Waals surface area contributed by atoms with Crippen molar-refractivity contribution in [3.63, 3.8) is 0 Å². The molecule has 0 spiro atoms. The molecule has 1 aliphatic carbocycles. The number of carbonyl (C=O) groups is 1. The molecule has 1 fully saturated rings. The fraction of sp³-hybridized carbons (Fsp3) is 0.786. The number of ether oxygens (including phenoxy) is 1. The van der Waals surface area contributed by atoms with Crippen LogP contribution >= 0.6 is 0 Å². The van der Waals surface area contributed by atoms with Gasteiger partial charge in [0.05, 0.1) is 0 Å². The Hall–Kier alpha value is -0.970. The third kappa shape index (κ3) is 5.21. The highest BCUT2D eigenvalue weighted by atomic mass is 16.6. The van der Waals surface area contributed by atoms with Crippen molar-refractivity contribution in [2.75, 3.05) is 0 Å². The van der Waals surface area contributed by atoms with E-state index >= 15 is 0 Å². The maximum atomic E-state index is 11.4. The Morgan fingerprint density at radius 2 is 2.00 bits per heavy atom. The minimum Gasteiger partial charge on any atom is -0.450 e. The van der Waals surface area contributed by atoms with E-state index in [1.165, 1.54) is 12.8 Å². The Morgan fingerprint density at radius 3 is 2.56 bits per heavy atom. The van der Waals surface area contributed by atoms with Crippen LogP contribution in [-0.4, -0.2) is 11.6 Å². The van der Waals surface area contributed by atoms with Crippen LogP contribution in [0.25, 0.3) is 0 Å². The van der Waals surface area contributed by atoms with E-state index in [2.05, 4.69) is 18.8 Å². The SMILES string of the molecule is CC1CCCC(C#CC(=O)OC(C)(C)C)C1. The Labute approximate surface area is 98.8 Å². The van der Waals surface area contributed by atoms with Crippen molar-refractivity contribution >= 4 is 5.97 Å². The van der Waals surface area contributed by atoms with Gasteiger partial charge in [0, 0.05) is 11.8 Å². The van der Waals surface area contributed by atoms with Gasteiger partial charge in [-0.05, 0) is 39.5 Å². The van der Waals surface area contributed by atoms with Crippen LogP contribution in [0.5, 0.6) is 0 Å². The van der Waals surface area contributed by atoms with Gasteiger partial charge in [-0.1, -0.05) is 25.7 Å². The van der Waals surface area contributed by atoms with E-state index in [0.717, 1.165) is 18.8 Å². The highest BCUT2D eigenvalue weighted by Gasteiger charge is 2.18. The zero-order valence-corrected chi connectivity index (χ0v) is 10.8. The molecule has 0 amide bonds. The highest BCUT2D eigenvalue weighted by molar-refractivity contribution is 5.88. The molecule has 0 aromatic heterocycles. The first-order valence-corrected chi connectivity index (χ1v) is 6.11.